The minimum atomic E-state index is 0.0228. The molecule has 0 saturated carbocycles. The van der Waals surface area contributed by atoms with Gasteiger partial charge in [0.25, 0.3) is 0 Å². The van der Waals surface area contributed by atoms with Crippen molar-refractivity contribution in [2.75, 3.05) is 13.2 Å². The van der Waals surface area contributed by atoms with E-state index in [4.69, 9.17) is 10.8 Å². The third kappa shape index (κ3) is 1.98. The maximum absolute atomic E-state index is 9.16. The first-order chi connectivity index (χ1) is 7.35. The number of rotatable bonds is 3. The minimum Gasteiger partial charge on any atom is -0.396 e. The maximum atomic E-state index is 9.16. The topological polar surface area (TPSA) is 59.1 Å². The van der Waals surface area contributed by atoms with E-state index < -0.39 is 0 Å². The van der Waals surface area contributed by atoms with Crippen LogP contribution in [-0.2, 0) is 0 Å². The summed E-state index contributed by atoms with van der Waals surface area (Å²) in [6.07, 6.45) is 1.77. The fourth-order valence-corrected chi connectivity index (χ4v) is 1.66. The van der Waals surface area contributed by atoms with E-state index in [1.54, 1.807) is 6.20 Å². The van der Waals surface area contributed by atoms with Crippen LogP contribution in [0.3, 0.4) is 0 Å². The van der Waals surface area contributed by atoms with Gasteiger partial charge in [0, 0.05) is 24.0 Å². The van der Waals surface area contributed by atoms with Gasteiger partial charge in [-0.05, 0) is 23.8 Å². The lowest BCUT2D eigenvalue weighted by molar-refractivity contribution is 0.268. The van der Waals surface area contributed by atoms with Crippen molar-refractivity contribution in [2.45, 2.75) is 5.92 Å². The van der Waals surface area contributed by atoms with Gasteiger partial charge in [0.15, 0.2) is 0 Å². The highest BCUT2D eigenvalue weighted by Crippen LogP contribution is 2.19. The monoisotopic (exact) mass is 202 g/mol. The quantitative estimate of drug-likeness (QED) is 0.788. The van der Waals surface area contributed by atoms with Crippen LogP contribution >= 0.6 is 0 Å². The molecule has 0 bridgehead atoms. The van der Waals surface area contributed by atoms with Crippen LogP contribution in [-0.4, -0.2) is 23.2 Å². The molecule has 0 radical (unpaired) electrons. The molecule has 0 fully saturated rings. The van der Waals surface area contributed by atoms with Gasteiger partial charge in [-0.25, -0.2) is 0 Å². The van der Waals surface area contributed by atoms with Gasteiger partial charge in [0.05, 0.1) is 12.1 Å². The number of aliphatic hydroxyl groups excluding tert-OH is 1. The second kappa shape index (κ2) is 4.38. The zero-order chi connectivity index (χ0) is 10.7. The van der Waals surface area contributed by atoms with Crippen molar-refractivity contribution in [3.63, 3.8) is 0 Å². The van der Waals surface area contributed by atoms with Gasteiger partial charge in [-0.1, -0.05) is 12.1 Å². The molecule has 0 spiro atoms. The van der Waals surface area contributed by atoms with Crippen molar-refractivity contribution in [2.24, 2.45) is 5.73 Å². The van der Waals surface area contributed by atoms with Gasteiger partial charge in [-0.2, -0.15) is 0 Å². The molecule has 78 valence electrons. The first-order valence-corrected chi connectivity index (χ1v) is 5.00. The van der Waals surface area contributed by atoms with E-state index in [0.29, 0.717) is 6.54 Å². The summed E-state index contributed by atoms with van der Waals surface area (Å²) in [4.78, 5) is 4.24. The third-order valence-corrected chi connectivity index (χ3v) is 2.60. The Morgan fingerprint density at radius 2 is 2.20 bits per heavy atom. The van der Waals surface area contributed by atoms with Gasteiger partial charge in [0.1, 0.15) is 0 Å². The molecule has 0 saturated heterocycles. The lowest BCUT2D eigenvalue weighted by Crippen LogP contribution is -2.15. The van der Waals surface area contributed by atoms with E-state index in [1.807, 2.05) is 30.3 Å². The number of nitrogens with zero attached hydrogens (tertiary/aromatic N) is 1. The zero-order valence-corrected chi connectivity index (χ0v) is 8.43. The van der Waals surface area contributed by atoms with Crippen LogP contribution in [0.15, 0.2) is 36.5 Å². The molecular weight excluding hydrogens is 188 g/mol. The number of hydrogen-bond acceptors (Lipinski definition) is 3. The molecule has 0 aliphatic heterocycles. The molecule has 0 aliphatic carbocycles. The fourth-order valence-electron chi connectivity index (χ4n) is 1.66. The first kappa shape index (κ1) is 10.1. The SMILES string of the molecule is NCC(CO)c1ccc2ncccc2c1. The van der Waals surface area contributed by atoms with Crippen molar-refractivity contribution in [1.29, 1.82) is 0 Å². The largest absolute Gasteiger partial charge is 0.396 e. The van der Waals surface area contributed by atoms with E-state index in [9.17, 15) is 0 Å². The van der Waals surface area contributed by atoms with Crippen molar-refractivity contribution in [3.05, 3.63) is 42.1 Å². The molecule has 2 rings (SSSR count). The first-order valence-electron chi connectivity index (χ1n) is 5.00. The van der Waals surface area contributed by atoms with E-state index in [0.717, 1.165) is 16.5 Å². The molecule has 0 amide bonds. The number of aromatic nitrogens is 1. The number of aliphatic hydroxyl groups is 1. The molecule has 0 aliphatic rings. The minimum absolute atomic E-state index is 0.0228. The molecule has 2 aromatic rings. The molecule has 1 aromatic heterocycles. The van der Waals surface area contributed by atoms with Crippen LogP contribution in [0.5, 0.6) is 0 Å². The predicted octanol–water partition coefficient (Wildman–Crippen LogP) is 1.27. The molecule has 1 aromatic carbocycles. The van der Waals surface area contributed by atoms with Crippen molar-refractivity contribution in [3.8, 4) is 0 Å². The molecule has 3 N–H and O–H groups in total. The predicted molar refractivity (Wildman–Crippen MR) is 60.6 cm³/mol. The van der Waals surface area contributed by atoms with Crippen molar-refractivity contribution >= 4 is 10.9 Å². The van der Waals surface area contributed by atoms with Gasteiger partial charge in [0.2, 0.25) is 0 Å². The van der Waals surface area contributed by atoms with Crippen LogP contribution in [0.1, 0.15) is 11.5 Å². The van der Waals surface area contributed by atoms with Gasteiger partial charge < -0.3 is 10.8 Å². The van der Waals surface area contributed by atoms with Crippen LogP contribution in [0, 0.1) is 0 Å². The standard InChI is InChI=1S/C12H14N2O/c13-7-11(8-15)9-3-4-12-10(6-9)2-1-5-14-12/h1-6,11,15H,7-8,13H2. The van der Waals surface area contributed by atoms with Crippen LogP contribution < -0.4 is 5.73 Å². The Morgan fingerprint density at radius 1 is 1.33 bits per heavy atom. The third-order valence-electron chi connectivity index (χ3n) is 2.60. The molecule has 3 heteroatoms. The van der Waals surface area contributed by atoms with E-state index in [2.05, 4.69) is 4.98 Å². The van der Waals surface area contributed by atoms with Crippen LogP contribution in [0.4, 0.5) is 0 Å². The number of pyridine rings is 1. The highest BCUT2D eigenvalue weighted by molar-refractivity contribution is 5.79. The van der Waals surface area contributed by atoms with Crippen molar-refractivity contribution in [1.82, 2.24) is 4.98 Å². The van der Waals surface area contributed by atoms with Crippen molar-refractivity contribution < 1.29 is 5.11 Å². The normalized spacial score (nSPS) is 12.9. The summed E-state index contributed by atoms with van der Waals surface area (Å²) in [6.45, 7) is 0.546. The summed E-state index contributed by atoms with van der Waals surface area (Å²) in [5.74, 6) is 0.0228. The van der Waals surface area contributed by atoms with E-state index in [-0.39, 0.29) is 12.5 Å². The lowest BCUT2D eigenvalue weighted by Gasteiger charge is -2.12. The number of fused-ring (bicyclic) bond motifs is 1. The number of nitrogens with two attached hydrogens (primary N) is 1. The summed E-state index contributed by atoms with van der Waals surface area (Å²) in [7, 11) is 0. The average molecular weight is 202 g/mol. The molecule has 3 nitrogen and oxygen atoms in total. The Labute approximate surface area is 88.6 Å². The molecule has 1 atom stereocenters. The Hall–Kier alpha value is -1.45. The maximum Gasteiger partial charge on any atom is 0.0702 e. The summed E-state index contributed by atoms with van der Waals surface area (Å²) in [5, 5.41) is 10.2. The number of hydrogen-bond donors (Lipinski definition) is 2. The van der Waals surface area contributed by atoms with Gasteiger partial charge >= 0.3 is 0 Å². The highest BCUT2D eigenvalue weighted by Gasteiger charge is 2.08. The smallest absolute Gasteiger partial charge is 0.0702 e. The number of benzene rings is 1. The summed E-state index contributed by atoms with van der Waals surface area (Å²) in [6, 6.07) is 9.89. The average Bonchev–Trinajstić information content (AvgIpc) is 2.30. The molecular formula is C12H14N2O. The Kier molecular flexibility index (Phi) is 2.94. The summed E-state index contributed by atoms with van der Waals surface area (Å²) < 4.78 is 0. The fraction of sp³-hybridized carbons (Fsp3) is 0.250. The summed E-state index contributed by atoms with van der Waals surface area (Å²) >= 11 is 0. The zero-order valence-electron chi connectivity index (χ0n) is 8.43. The molecule has 15 heavy (non-hydrogen) atoms. The Morgan fingerprint density at radius 3 is 2.93 bits per heavy atom. The second-order valence-electron chi connectivity index (χ2n) is 3.57. The van der Waals surface area contributed by atoms with E-state index in [1.165, 1.54) is 0 Å². The van der Waals surface area contributed by atoms with Gasteiger partial charge in [-0.15, -0.1) is 0 Å². The second-order valence-corrected chi connectivity index (χ2v) is 3.57. The highest BCUT2D eigenvalue weighted by atomic mass is 16.3. The van der Waals surface area contributed by atoms with Crippen LogP contribution in [0.25, 0.3) is 10.9 Å². The van der Waals surface area contributed by atoms with Crippen LogP contribution in [0.2, 0.25) is 0 Å². The molecule has 1 heterocycles. The molecule has 1 unspecified atom stereocenters. The van der Waals surface area contributed by atoms with E-state index >= 15 is 0 Å². The summed E-state index contributed by atoms with van der Waals surface area (Å²) in [5.41, 5.74) is 7.62. The lowest BCUT2D eigenvalue weighted by atomic mass is 9.98. The Balaban J connectivity index is 2.46. The van der Waals surface area contributed by atoms with Gasteiger partial charge in [-0.3, -0.25) is 4.98 Å². The Bertz CT molecular complexity index is 452.